The molecule has 0 saturated carbocycles. The smallest absolute Gasteiger partial charge is 0.336 e. The largest absolute Gasteiger partial charge is 0.462 e. The standard InChI is InChI=1S/C26H26ClNO3/c1-3-12-31-26(30)23-16(2)28-21-14-19(17-8-5-4-6-9-17)15-22(29)25(21)24(23)18-10-7-11-20(27)13-18/h4-11,13,19,24,28H,3,12,14-15H2,1-2H3/t19-,24+/m0/s1. The zero-order valence-corrected chi connectivity index (χ0v) is 18.5. The lowest BCUT2D eigenvalue weighted by Crippen LogP contribution is -2.36. The molecule has 0 unspecified atom stereocenters. The van der Waals surface area contributed by atoms with E-state index in [2.05, 4.69) is 17.4 Å². The summed E-state index contributed by atoms with van der Waals surface area (Å²) in [4.78, 5) is 26.5. The van der Waals surface area contributed by atoms with Gasteiger partial charge in [0.1, 0.15) is 0 Å². The first-order valence-corrected chi connectivity index (χ1v) is 11.1. The number of esters is 1. The van der Waals surface area contributed by atoms with Crippen molar-refractivity contribution in [3.8, 4) is 0 Å². The van der Waals surface area contributed by atoms with E-state index in [-0.39, 0.29) is 17.7 Å². The molecule has 0 fully saturated rings. The lowest BCUT2D eigenvalue weighted by atomic mass is 9.72. The highest BCUT2D eigenvalue weighted by Gasteiger charge is 2.41. The van der Waals surface area contributed by atoms with Crippen molar-refractivity contribution >= 4 is 23.4 Å². The molecular formula is C26H26ClNO3. The second-order valence-corrected chi connectivity index (χ2v) is 8.56. The van der Waals surface area contributed by atoms with E-state index in [1.807, 2.05) is 50.2 Å². The summed E-state index contributed by atoms with van der Waals surface area (Å²) >= 11 is 6.28. The molecule has 1 N–H and O–H groups in total. The van der Waals surface area contributed by atoms with Crippen molar-refractivity contribution in [3.05, 3.63) is 93.3 Å². The number of halogens is 1. The van der Waals surface area contributed by atoms with Crippen molar-refractivity contribution in [1.29, 1.82) is 0 Å². The molecule has 1 aliphatic heterocycles. The summed E-state index contributed by atoms with van der Waals surface area (Å²) in [7, 11) is 0. The molecule has 0 saturated heterocycles. The van der Waals surface area contributed by atoms with E-state index in [1.54, 1.807) is 6.07 Å². The molecule has 2 aliphatic rings. The minimum absolute atomic E-state index is 0.0564. The summed E-state index contributed by atoms with van der Waals surface area (Å²) < 4.78 is 5.48. The van der Waals surface area contributed by atoms with E-state index in [0.717, 1.165) is 35.4 Å². The van der Waals surface area contributed by atoms with Gasteiger partial charge in [0, 0.05) is 34.3 Å². The van der Waals surface area contributed by atoms with Gasteiger partial charge in [-0.2, -0.15) is 0 Å². The van der Waals surface area contributed by atoms with Gasteiger partial charge in [-0.25, -0.2) is 4.79 Å². The van der Waals surface area contributed by atoms with Gasteiger partial charge in [-0.1, -0.05) is 61.0 Å². The number of Topliss-reactive ketones (excluding diaryl/α,β-unsaturated/α-hetero) is 1. The van der Waals surface area contributed by atoms with Gasteiger partial charge in [0.05, 0.1) is 12.2 Å². The number of allylic oxidation sites excluding steroid dienone is 3. The Balaban J connectivity index is 1.79. The van der Waals surface area contributed by atoms with Crippen LogP contribution in [0.15, 0.2) is 77.1 Å². The molecule has 4 nitrogen and oxygen atoms in total. The van der Waals surface area contributed by atoms with E-state index in [9.17, 15) is 9.59 Å². The van der Waals surface area contributed by atoms with Gasteiger partial charge in [-0.05, 0) is 48.9 Å². The number of hydrogen-bond acceptors (Lipinski definition) is 4. The Labute approximate surface area is 187 Å². The third-order valence-corrected chi connectivity index (χ3v) is 6.17. The van der Waals surface area contributed by atoms with Crippen molar-refractivity contribution in [2.24, 2.45) is 0 Å². The fourth-order valence-electron chi connectivity index (χ4n) is 4.56. The second kappa shape index (κ2) is 9.11. The van der Waals surface area contributed by atoms with Crippen LogP contribution < -0.4 is 5.32 Å². The molecule has 5 heteroatoms. The molecule has 4 rings (SSSR count). The van der Waals surface area contributed by atoms with Crippen LogP contribution in [0.2, 0.25) is 5.02 Å². The third kappa shape index (κ3) is 4.31. The van der Waals surface area contributed by atoms with Crippen LogP contribution in [0.4, 0.5) is 0 Å². The summed E-state index contributed by atoms with van der Waals surface area (Å²) in [5.41, 5.74) is 4.74. The van der Waals surface area contributed by atoms with Crippen molar-refractivity contribution in [2.45, 2.75) is 44.9 Å². The summed E-state index contributed by atoms with van der Waals surface area (Å²) in [6.07, 6.45) is 1.87. The van der Waals surface area contributed by atoms with Crippen LogP contribution in [0.1, 0.15) is 56.1 Å². The zero-order valence-electron chi connectivity index (χ0n) is 17.8. The Morgan fingerprint density at radius 1 is 1.10 bits per heavy atom. The van der Waals surface area contributed by atoms with E-state index >= 15 is 0 Å². The number of rotatable bonds is 5. The molecule has 0 amide bonds. The summed E-state index contributed by atoms with van der Waals surface area (Å²) in [5, 5.41) is 3.95. The number of benzene rings is 2. The molecule has 2 aromatic carbocycles. The number of carbonyl (C=O) groups is 2. The molecule has 31 heavy (non-hydrogen) atoms. The van der Waals surface area contributed by atoms with Gasteiger partial charge in [0.25, 0.3) is 0 Å². The van der Waals surface area contributed by atoms with Gasteiger partial charge in [0.15, 0.2) is 5.78 Å². The van der Waals surface area contributed by atoms with Crippen molar-refractivity contribution < 1.29 is 14.3 Å². The Hall–Kier alpha value is -2.85. The molecule has 1 heterocycles. The molecule has 160 valence electrons. The molecule has 0 radical (unpaired) electrons. The van der Waals surface area contributed by atoms with Gasteiger partial charge < -0.3 is 10.1 Å². The zero-order chi connectivity index (χ0) is 22.0. The molecule has 0 aromatic heterocycles. The average molecular weight is 436 g/mol. The topological polar surface area (TPSA) is 55.4 Å². The minimum atomic E-state index is -0.483. The molecular weight excluding hydrogens is 410 g/mol. The van der Waals surface area contributed by atoms with Crippen LogP contribution in [0.3, 0.4) is 0 Å². The van der Waals surface area contributed by atoms with Crippen LogP contribution >= 0.6 is 11.6 Å². The quantitative estimate of drug-likeness (QED) is 0.616. The Morgan fingerprint density at radius 3 is 2.55 bits per heavy atom. The number of nitrogens with one attached hydrogen (secondary N) is 1. The average Bonchev–Trinajstić information content (AvgIpc) is 2.77. The van der Waals surface area contributed by atoms with Gasteiger partial charge in [-0.3, -0.25) is 4.79 Å². The number of ketones is 1. The number of ether oxygens (including phenoxy) is 1. The molecule has 0 bridgehead atoms. The van der Waals surface area contributed by atoms with Gasteiger partial charge in [-0.15, -0.1) is 0 Å². The van der Waals surface area contributed by atoms with Crippen molar-refractivity contribution in [2.75, 3.05) is 6.61 Å². The molecule has 2 aromatic rings. The maximum atomic E-state index is 13.5. The SMILES string of the molecule is CCCOC(=O)C1=C(C)NC2=C(C(=O)C[C@@H](c3ccccc3)C2)[C@@H]1c1cccc(Cl)c1. The Morgan fingerprint density at radius 2 is 1.84 bits per heavy atom. The van der Waals surface area contributed by atoms with Crippen LogP contribution in [0, 0.1) is 0 Å². The van der Waals surface area contributed by atoms with E-state index in [1.165, 1.54) is 0 Å². The highest BCUT2D eigenvalue weighted by atomic mass is 35.5. The summed E-state index contributed by atoms with van der Waals surface area (Å²) in [6.45, 7) is 4.17. The third-order valence-electron chi connectivity index (χ3n) is 5.94. The highest BCUT2D eigenvalue weighted by Crippen LogP contribution is 2.46. The minimum Gasteiger partial charge on any atom is -0.462 e. The normalized spacial score (nSPS) is 20.9. The fraction of sp³-hybridized carbons (Fsp3) is 0.308. The Bertz CT molecular complexity index is 1070. The number of dihydropyridines is 1. The first kappa shape index (κ1) is 21.4. The lowest BCUT2D eigenvalue weighted by molar-refractivity contribution is -0.139. The first-order valence-electron chi connectivity index (χ1n) is 10.7. The lowest BCUT2D eigenvalue weighted by Gasteiger charge is -2.36. The summed E-state index contributed by atoms with van der Waals surface area (Å²) in [5.74, 6) is -0.702. The predicted octanol–water partition coefficient (Wildman–Crippen LogP) is 5.65. The van der Waals surface area contributed by atoms with Crippen LogP contribution in [0.25, 0.3) is 0 Å². The predicted molar refractivity (Wildman–Crippen MR) is 122 cm³/mol. The van der Waals surface area contributed by atoms with E-state index < -0.39 is 5.92 Å². The Kier molecular flexibility index (Phi) is 6.28. The van der Waals surface area contributed by atoms with Gasteiger partial charge in [0.2, 0.25) is 0 Å². The molecule has 0 spiro atoms. The monoisotopic (exact) mass is 435 g/mol. The number of hydrogen-bond donors (Lipinski definition) is 1. The molecule has 2 atom stereocenters. The highest BCUT2D eigenvalue weighted by molar-refractivity contribution is 6.30. The first-order chi connectivity index (χ1) is 15.0. The van der Waals surface area contributed by atoms with E-state index in [4.69, 9.17) is 16.3 Å². The van der Waals surface area contributed by atoms with Crippen LogP contribution in [-0.2, 0) is 14.3 Å². The van der Waals surface area contributed by atoms with Crippen LogP contribution in [-0.4, -0.2) is 18.4 Å². The maximum absolute atomic E-state index is 13.5. The fourth-order valence-corrected chi connectivity index (χ4v) is 4.76. The van der Waals surface area contributed by atoms with Crippen molar-refractivity contribution in [1.82, 2.24) is 5.32 Å². The van der Waals surface area contributed by atoms with Crippen molar-refractivity contribution in [3.63, 3.8) is 0 Å². The van der Waals surface area contributed by atoms with Gasteiger partial charge >= 0.3 is 5.97 Å². The van der Waals surface area contributed by atoms with E-state index in [0.29, 0.717) is 29.2 Å². The summed E-state index contributed by atoms with van der Waals surface area (Å²) in [6, 6.07) is 17.5. The maximum Gasteiger partial charge on any atom is 0.336 e. The molecule has 1 aliphatic carbocycles. The van der Waals surface area contributed by atoms with Crippen LogP contribution in [0.5, 0.6) is 0 Å². The number of carbonyl (C=O) groups excluding carboxylic acids is 2. The second-order valence-electron chi connectivity index (χ2n) is 8.12.